The summed E-state index contributed by atoms with van der Waals surface area (Å²) in [6.45, 7) is 3.21. The van der Waals surface area contributed by atoms with Crippen LogP contribution < -0.4 is 11.1 Å². The van der Waals surface area contributed by atoms with Gasteiger partial charge in [0.15, 0.2) is 0 Å². The monoisotopic (exact) mass is 243 g/mol. The Morgan fingerprint density at radius 1 is 1.17 bits per heavy atom. The Balaban J connectivity index is 2.03. The van der Waals surface area contributed by atoms with Gasteiger partial charge in [0.1, 0.15) is 0 Å². The first-order valence-electron chi connectivity index (χ1n) is 6.69. The van der Waals surface area contributed by atoms with E-state index in [1.165, 1.54) is 25.7 Å². The molecule has 1 heterocycles. The van der Waals surface area contributed by atoms with Gasteiger partial charge in [-0.15, -0.1) is 0 Å². The molecule has 0 aliphatic carbocycles. The third kappa shape index (κ3) is 2.92. The Kier molecular flexibility index (Phi) is 4.40. The van der Waals surface area contributed by atoms with Crippen LogP contribution in [0.25, 0.3) is 10.8 Å². The zero-order chi connectivity index (χ0) is 12.8. The summed E-state index contributed by atoms with van der Waals surface area (Å²) in [5, 5.41) is 5.58. The highest BCUT2D eigenvalue weighted by molar-refractivity contribution is 5.98. The molecule has 0 bridgehead atoms. The first-order valence-corrected chi connectivity index (χ1v) is 6.69. The number of nitrogens with one attached hydrogen (secondary N) is 1. The topological polar surface area (TPSA) is 50.9 Å². The van der Waals surface area contributed by atoms with Crippen LogP contribution in [0, 0.1) is 0 Å². The predicted molar refractivity (Wildman–Crippen MR) is 78.8 cm³/mol. The van der Waals surface area contributed by atoms with Crippen molar-refractivity contribution < 1.29 is 0 Å². The molecule has 1 aromatic carbocycles. The number of pyridine rings is 1. The Hall–Kier alpha value is -1.77. The SMILES string of the molecule is CCCCCCNc1ccc2cnccc2c1N. The Bertz CT molecular complexity index is 508. The fourth-order valence-electron chi connectivity index (χ4n) is 2.12. The van der Waals surface area contributed by atoms with Gasteiger partial charge in [0.25, 0.3) is 0 Å². The number of unbranched alkanes of at least 4 members (excludes halogenated alkanes) is 3. The van der Waals surface area contributed by atoms with Gasteiger partial charge in [0.2, 0.25) is 0 Å². The van der Waals surface area contributed by atoms with E-state index in [0.29, 0.717) is 0 Å². The van der Waals surface area contributed by atoms with E-state index in [9.17, 15) is 0 Å². The summed E-state index contributed by atoms with van der Waals surface area (Å²) in [6.07, 6.45) is 8.68. The molecule has 0 fully saturated rings. The molecule has 0 saturated heterocycles. The molecule has 18 heavy (non-hydrogen) atoms. The van der Waals surface area contributed by atoms with Gasteiger partial charge < -0.3 is 11.1 Å². The summed E-state index contributed by atoms with van der Waals surface area (Å²) in [5.74, 6) is 0. The van der Waals surface area contributed by atoms with E-state index in [-0.39, 0.29) is 0 Å². The van der Waals surface area contributed by atoms with E-state index >= 15 is 0 Å². The minimum atomic E-state index is 0.824. The van der Waals surface area contributed by atoms with Crippen LogP contribution >= 0.6 is 0 Å². The van der Waals surface area contributed by atoms with Crippen LogP contribution in [0.3, 0.4) is 0 Å². The second-order valence-electron chi connectivity index (χ2n) is 4.61. The largest absolute Gasteiger partial charge is 0.397 e. The molecule has 0 unspecified atom stereocenters. The Labute approximate surface area is 108 Å². The van der Waals surface area contributed by atoms with Crippen LogP contribution in [0.15, 0.2) is 30.6 Å². The minimum absolute atomic E-state index is 0.824. The van der Waals surface area contributed by atoms with Crippen LogP contribution in [0.1, 0.15) is 32.6 Å². The van der Waals surface area contributed by atoms with Crippen LogP contribution in [0.5, 0.6) is 0 Å². The first kappa shape index (κ1) is 12.7. The molecule has 0 spiro atoms. The van der Waals surface area contributed by atoms with Crippen molar-refractivity contribution in [3.8, 4) is 0 Å². The van der Waals surface area contributed by atoms with Gasteiger partial charge in [-0.1, -0.05) is 32.3 Å². The van der Waals surface area contributed by atoms with Crippen molar-refractivity contribution in [2.24, 2.45) is 0 Å². The van der Waals surface area contributed by atoms with Crippen molar-refractivity contribution in [2.75, 3.05) is 17.6 Å². The quantitative estimate of drug-likeness (QED) is 0.599. The number of hydrogen-bond donors (Lipinski definition) is 2. The number of rotatable bonds is 6. The lowest BCUT2D eigenvalue weighted by Crippen LogP contribution is -2.04. The van der Waals surface area contributed by atoms with Crippen LogP contribution in [-0.2, 0) is 0 Å². The van der Waals surface area contributed by atoms with E-state index in [1.807, 2.05) is 18.3 Å². The molecular formula is C15H21N3. The molecule has 0 atom stereocenters. The lowest BCUT2D eigenvalue weighted by Gasteiger charge is -2.11. The van der Waals surface area contributed by atoms with Crippen LogP contribution in [0.4, 0.5) is 11.4 Å². The van der Waals surface area contributed by atoms with Crippen LogP contribution in [0.2, 0.25) is 0 Å². The number of fused-ring (bicyclic) bond motifs is 1. The second-order valence-corrected chi connectivity index (χ2v) is 4.61. The molecule has 96 valence electrons. The lowest BCUT2D eigenvalue weighted by atomic mass is 10.1. The van der Waals surface area contributed by atoms with Crippen molar-refractivity contribution in [1.82, 2.24) is 4.98 Å². The molecule has 2 rings (SSSR count). The Morgan fingerprint density at radius 3 is 2.89 bits per heavy atom. The standard InChI is InChI=1S/C15H21N3/c1-2-3-4-5-9-18-14-7-6-12-11-17-10-8-13(12)15(14)16/h6-8,10-11,18H,2-5,9,16H2,1H3. The summed E-state index contributed by atoms with van der Waals surface area (Å²) in [7, 11) is 0. The highest BCUT2D eigenvalue weighted by atomic mass is 14.9. The van der Waals surface area contributed by atoms with E-state index in [2.05, 4.69) is 23.3 Å². The molecule has 0 amide bonds. The van der Waals surface area contributed by atoms with Gasteiger partial charge in [0, 0.05) is 29.7 Å². The smallest absolute Gasteiger partial charge is 0.0630 e. The molecule has 3 N–H and O–H groups in total. The van der Waals surface area contributed by atoms with Crippen molar-refractivity contribution in [3.05, 3.63) is 30.6 Å². The van der Waals surface area contributed by atoms with Gasteiger partial charge >= 0.3 is 0 Å². The maximum Gasteiger partial charge on any atom is 0.0630 e. The third-order valence-electron chi connectivity index (χ3n) is 3.21. The van der Waals surface area contributed by atoms with Crippen molar-refractivity contribution in [3.63, 3.8) is 0 Å². The third-order valence-corrected chi connectivity index (χ3v) is 3.21. The molecule has 0 aliphatic rings. The van der Waals surface area contributed by atoms with E-state index in [1.54, 1.807) is 6.20 Å². The van der Waals surface area contributed by atoms with E-state index < -0.39 is 0 Å². The van der Waals surface area contributed by atoms with Crippen molar-refractivity contribution >= 4 is 22.1 Å². The van der Waals surface area contributed by atoms with Gasteiger partial charge in [0.05, 0.1) is 11.4 Å². The fourth-order valence-corrected chi connectivity index (χ4v) is 2.12. The van der Waals surface area contributed by atoms with Crippen LogP contribution in [-0.4, -0.2) is 11.5 Å². The molecule has 3 nitrogen and oxygen atoms in total. The highest BCUT2D eigenvalue weighted by Crippen LogP contribution is 2.27. The summed E-state index contributed by atoms with van der Waals surface area (Å²) >= 11 is 0. The number of nitrogen functional groups attached to an aromatic ring is 1. The average molecular weight is 243 g/mol. The van der Waals surface area contributed by atoms with Gasteiger partial charge in [-0.3, -0.25) is 4.98 Å². The second kappa shape index (κ2) is 6.24. The maximum absolute atomic E-state index is 6.17. The maximum atomic E-state index is 6.17. The average Bonchev–Trinajstić information content (AvgIpc) is 2.41. The van der Waals surface area contributed by atoms with E-state index in [0.717, 1.165) is 28.7 Å². The summed E-state index contributed by atoms with van der Waals surface area (Å²) < 4.78 is 0. The predicted octanol–water partition coefficient (Wildman–Crippen LogP) is 3.81. The normalized spacial score (nSPS) is 10.7. The number of aromatic nitrogens is 1. The molecule has 2 aromatic rings. The number of nitrogens with two attached hydrogens (primary N) is 1. The number of anilines is 2. The molecule has 0 aliphatic heterocycles. The van der Waals surface area contributed by atoms with Gasteiger partial charge in [-0.25, -0.2) is 0 Å². The molecule has 0 radical (unpaired) electrons. The van der Waals surface area contributed by atoms with E-state index in [4.69, 9.17) is 5.73 Å². The van der Waals surface area contributed by atoms with Gasteiger partial charge in [-0.05, 0) is 18.6 Å². The van der Waals surface area contributed by atoms with Crippen molar-refractivity contribution in [2.45, 2.75) is 32.6 Å². The minimum Gasteiger partial charge on any atom is -0.397 e. The highest BCUT2D eigenvalue weighted by Gasteiger charge is 2.03. The molecule has 3 heteroatoms. The summed E-state index contributed by atoms with van der Waals surface area (Å²) in [4.78, 5) is 4.10. The molecule has 0 saturated carbocycles. The summed E-state index contributed by atoms with van der Waals surface area (Å²) in [5.41, 5.74) is 8.03. The zero-order valence-corrected chi connectivity index (χ0v) is 10.9. The van der Waals surface area contributed by atoms with Crippen molar-refractivity contribution in [1.29, 1.82) is 0 Å². The first-order chi connectivity index (χ1) is 8.83. The Morgan fingerprint density at radius 2 is 2.06 bits per heavy atom. The summed E-state index contributed by atoms with van der Waals surface area (Å²) in [6, 6.07) is 6.07. The number of benzene rings is 1. The zero-order valence-electron chi connectivity index (χ0n) is 10.9. The number of nitrogens with zero attached hydrogens (tertiary/aromatic N) is 1. The fraction of sp³-hybridized carbons (Fsp3) is 0.400. The van der Waals surface area contributed by atoms with Gasteiger partial charge in [-0.2, -0.15) is 0 Å². The lowest BCUT2D eigenvalue weighted by molar-refractivity contribution is 0.685. The molecular weight excluding hydrogens is 222 g/mol. The number of hydrogen-bond acceptors (Lipinski definition) is 3. The molecule has 1 aromatic heterocycles.